The molecule has 1 saturated heterocycles. The lowest BCUT2D eigenvalue weighted by molar-refractivity contribution is 0.0695. The Labute approximate surface area is 186 Å². The molecule has 0 bridgehead atoms. The first kappa shape index (κ1) is 22.9. The number of halogens is 1. The minimum atomic E-state index is -4.76. The first-order chi connectivity index (χ1) is 15.5. The molecule has 0 spiro atoms. The minimum Gasteiger partial charge on any atom is -0.477 e. The van der Waals surface area contributed by atoms with Crippen molar-refractivity contribution in [3.05, 3.63) is 58.1 Å². The van der Waals surface area contributed by atoms with Crippen molar-refractivity contribution in [1.29, 1.82) is 0 Å². The van der Waals surface area contributed by atoms with Crippen molar-refractivity contribution in [3.8, 4) is 11.4 Å². The Morgan fingerprint density at radius 1 is 1.15 bits per heavy atom. The maximum Gasteiger partial charge on any atom is 0.524 e. The summed E-state index contributed by atoms with van der Waals surface area (Å²) in [7, 11) is -2.81. The molecule has 174 valence electrons. The van der Waals surface area contributed by atoms with Crippen LogP contribution in [0, 0.1) is 5.82 Å². The second-order valence-electron chi connectivity index (χ2n) is 7.58. The summed E-state index contributed by atoms with van der Waals surface area (Å²) in [6, 6.07) is 6.34. The van der Waals surface area contributed by atoms with Gasteiger partial charge >= 0.3 is 13.8 Å². The monoisotopic (exact) mass is 478 g/mol. The summed E-state index contributed by atoms with van der Waals surface area (Å²) < 4.78 is 31.8. The zero-order valence-corrected chi connectivity index (χ0v) is 18.3. The highest BCUT2D eigenvalue weighted by Crippen LogP contribution is 2.37. The maximum atomic E-state index is 15.0. The molecule has 0 aliphatic carbocycles. The van der Waals surface area contributed by atoms with E-state index in [9.17, 15) is 23.7 Å². The number of piperazine rings is 1. The molecule has 11 nitrogen and oxygen atoms in total. The van der Waals surface area contributed by atoms with Crippen LogP contribution in [0.4, 0.5) is 10.2 Å². The zero-order valence-electron chi connectivity index (χ0n) is 17.4. The molecular weight excluding hydrogens is 458 g/mol. The number of rotatable bonds is 5. The number of hydrogen-bond acceptors (Lipinski definition) is 7. The zero-order chi connectivity index (χ0) is 23.9. The molecule has 4 rings (SSSR count). The van der Waals surface area contributed by atoms with Crippen molar-refractivity contribution in [2.75, 3.05) is 38.1 Å². The van der Waals surface area contributed by atoms with Crippen LogP contribution in [0.15, 0.2) is 41.3 Å². The van der Waals surface area contributed by atoms with E-state index in [4.69, 9.17) is 9.79 Å². The van der Waals surface area contributed by atoms with E-state index >= 15 is 0 Å². The van der Waals surface area contributed by atoms with Gasteiger partial charge in [0, 0.05) is 38.1 Å². The lowest BCUT2D eigenvalue weighted by Gasteiger charge is -2.33. The number of nitrogens with zero attached hydrogens (tertiary/aromatic N) is 4. The summed E-state index contributed by atoms with van der Waals surface area (Å²) in [5, 5.41) is 9.27. The molecule has 1 aromatic carbocycles. The van der Waals surface area contributed by atoms with E-state index in [1.165, 1.54) is 28.8 Å². The van der Waals surface area contributed by atoms with Gasteiger partial charge in [0.1, 0.15) is 11.3 Å². The quantitative estimate of drug-likeness (QED) is 0.461. The third-order valence-corrected chi connectivity index (χ3v) is 5.73. The predicted molar refractivity (Wildman–Crippen MR) is 117 cm³/mol. The number of hydrogen-bond donors (Lipinski definition) is 3. The lowest BCUT2D eigenvalue weighted by atomic mass is 10.1. The first-order valence-electron chi connectivity index (χ1n) is 9.82. The highest BCUT2D eigenvalue weighted by molar-refractivity contribution is 7.46. The highest BCUT2D eigenvalue weighted by Gasteiger charge is 2.23. The summed E-state index contributed by atoms with van der Waals surface area (Å²) in [5.41, 5.74) is -1.08. The van der Waals surface area contributed by atoms with Crippen molar-refractivity contribution >= 4 is 30.6 Å². The first-order valence-corrected chi connectivity index (χ1v) is 11.3. The number of carboxylic acid groups (broad SMARTS) is 1. The topological polar surface area (TPSA) is 145 Å². The fourth-order valence-corrected chi connectivity index (χ4v) is 4.00. The second kappa shape index (κ2) is 8.56. The summed E-state index contributed by atoms with van der Waals surface area (Å²) in [5.74, 6) is -2.29. The van der Waals surface area contributed by atoms with Crippen LogP contribution in [0.5, 0.6) is 5.75 Å². The van der Waals surface area contributed by atoms with Gasteiger partial charge in [0.15, 0.2) is 17.3 Å². The van der Waals surface area contributed by atoms with Crippen LogP contribution < -0.4 is 14.9 Å². The third-order valence-electron chi connectivity index (χ3n) is 5.29. The predicted octanol–water partition coefficient (Wildman–Crippen LogP) is 1.45. The van der Waals surface area contributed by atoms with Gasteiger partial charge in [0.05, 0.1) is 5.39 Å². The Kier molecular flexibility index (Phi) is 5.93. The summed E-state index contributed by atoms with van der Waals surface area (Å²) in [4.78, 5) is 50.5. The summed E-state index contributed by atoms with van der Waals surface area (Å²) in [6.07, 6.45) is 1.09. The second-order valence-corrected chi connectivity index (χ2v) is 8.74. The van der Waals surface area contributed by atoms with E-state index in [-0.39, 0.29) is 22.6 Å². The Balaban J connectivity index is 1.89. The van der Waals surface area contributed by atoms with E-state index < -0.39 is 30.6 Å². The van der Waals surface area contributed by atoms with Crippen LogP contribution in [0.25, 0.3) is 16.7 Å². The number of aromatic carboxylic acids is 1. The van der Waals surface area contributed by atoms with Crippen LogP contribution in [-0.4, -0.2) is 68.5 Å². The summed E-state index contributed by atoms with van der Waals surface area (Å²) >= 11 is 0. The van der Waals surface area contributed by atoms with E-state index in [1.807, 2.05) is 7.05 Å². The largest absolute Gasteiger partial charge is 0.524 e. The number of benzene rings is 1. The Morgan fingerprint density at radius 3 is 2.36 bits per heavy atom. The van der Waals surface area contributed by atoms with Crippen molar-refractivity contribution < 1.29 is 33.2 Å². The molecule has 3 N–H and O–H groups in total. The summed E-state index contributed by atoms with van der Waals surface area (Å²) in [6.45, 7) is 2.45. The van der Waals surface area contributed by atoms with Crippen LogP contribution in [0.1, 0.15) is 10.4 Å². The fourth-order valence-electron chi connectivity index (χ4n) is 3.61. The number of carbonyl (C=O) groups is 1. The standard InChI is InChI=1S/C20H20FN4O7P/c1-23-6-8-24(9-7-23)19-16(21)10-14-17(26)15(20(27)28)11-25(18(14)22-19)12-2-4-13(5-3-12)32-33(29,30)31/h2-5,10-11H,6-9H2,1H3,(H,27,28)(H2,29,30,31). The molecule has 0 radical (unpaired) electrons. The SMILES string of the molecule is CN1CCN(c2nc3c(cc2F)c(=O)c(C(=O)O)cn3-c2ccc(OP(=O)(O)O)cc2)CC1. The number of aromatic nitrogens is 2. The van der Waals surface area contributed by atoms with E-state index in [0.29, 0.717) is 31.9 Å². The maximum absolute atomic E-state index is 15.0. The normalized spacial score (nSPS) is 15.1. The number of carboxylic acids is 1. The number of phosphoric ester groups is 1. The molecule has 2 aromatic heterocycles. The lowest BCUT2D eigenvalue weighted by Crippen LogP contribution is -2.45. The van der Waals surface area contributed by atoms with Gasteiger partial charge in [-0.15, -0.1) is 0 Å². The molecule has 0 saturated carbocycles. The number of fused-ring (bicyclic) bond motifs is 1. The molecule has 3 heterocycles. The van der Waals surface area contributed by atoms with E-state index in [1.54, 1.807) is 4.90 Å². The molecule has 33 heavy (non-hydrogen) atoms. The Bertz CT molecular complexity index is 1330. The van der Waals surface area contributed by atoms with Crippen molar-refractivity contribution in [2.24, 2.45) is 0 Å². The number of likely N-dealkylation sites (N-methyl/N-ethyl adjacent to an activating group) is 1. The van der Waals surface area contributed by atoms with Gasteiger partial charge in [0.25, 0.3) is 0 Å². The average molecular weight is 478 g/mol. The van der Waals surface area contributed by atoms with E-state index in [2.05, 4.69) is 14.4 Å². The molecule has 0 atom stereocenters. The van der Waals surface area contributed by atoms with E-state index in [0.717, 1.165) is 12.3 Å². The number of anilines is 1. The molecule has 0 unspecified atom stereocenters. The number of pyridine rings is 2. The highest BCUT2D eigenvalue weighted by atomic mass is 31.2. The van der Waals surface area contributed by atoms with Crippen LogP contribution in [0.2, 0.25) is 0 Å². The molecule has 3 aromatic rings. The third kappa shape index (κ3) is 4.74. The molecule has 1 aliphatic rings. The van der Waals surface area contributed by atoms with Gasteiger partial charge in [0.2, 0.25) is 5.43 Å². The molecule has 1 aliphatic heterocycles. The van der Waals surface area contributed by atoms with Gasteiger partial charge in [-0.05, 0) is 37.4 Å². The van der Waals surface area contributed by atoms with Crippen LogP contribution in [-0.2, 0) is 4.57 Å². The molecule has 1 fully saturated rings. The van der Waals surface area contributed by atoms with Gasteiger partial charge in [-0.25, -0.2) is 18.7 Å². The van der Waals surface area contributed by atoms with Gasteiger partial charge in [-0.2, -0.15) is 0 Å². The molecule has 13 heteroatoms. The smallest absolute Gasteiger partial charge is 0.477 e. The van der Waals surface area contributed by atoms with Gasteiger partial charge < -0.3 is 24.0 Å². The number of phosphoric acid groups is 1. The molecule has 0 amide bonds. The van der Waals surface area contributed by atoms with Crippen LogP contribution >= 0.6 is 7.82 Å². The van der Waals surface area contributed by atoms with Gasteiger partial charge in [-0.3, -0.25) is 14.6 Å². The fraction of sp³-hybridized carbons (Fsp3) is 0.250. The minimum absolute atomic E-state index is 0.0454. The van der Waals surface area contributed by atoms with Crippen LogP contribution in [0.3, 0.4) is 0 Å². The van der Waals surface area contributed by atoms with Gasteiger partial charge in [-0.1, -0.05) is 0 Å². The van der Waals surface area contributed by atoms with Crippen molar-refractivity contribution in [1.82, 2.24) is 14.5 Å². The van der Waals surface area contributed by atoms with Crippen molar-refractivity contribution in [3.63, 3.8) is 0 Å². The molecular formula is C20H20FN4O7P. The Morgan fingerprint density at radius 2 is 1.79 bits per heavy atom. The average Bonchev–Trinajstić information content (AvgIpc) is 2.74. The van der Waals surface area contributed by atoms with Crippen molar-refractivity contribution in [2.45, 2.75) is 0 Å². The Hall–Kier alpha value is -3.31.